The van der Waals surface area contributed by atoms with E-state index in [-0.39, 0.29) is 24.7 Å². The van der Waals surface area contributed by atoms with E-state index in [1.807, 2.05) is 0 Å². The van der Waals surface area contributed by atoms with Crippen LogP contribution in [0.5, 0.6) is 17.2 Å². The van der Waals surface area contributed by atoms with Crippen molar-refractivity contribution in [1.29, 1.82) is 0 Å². The van der Waals surface area contributed by atoms with Crippen LogP contribution in [0.3, 0.4) is 0 Å². The number of nitrogens with zero attached hydrogens (tertiary/aromatic N) is 3. The van der Waals surface area contributed by atoms with Crippen molar-refractivity contribution in [2.75, 3.05) is 6.79 Å². The lowest BCUT2D eigenvalue weighted by Crippen LogP contribution is -2.02. The predicted molar refractivity (Wildman–Crippen MR) is 86.4 cm³/mol. The van der Waals surface area contributed by atoms with Gasteiger partial charge in [-0.3, -0.25) is 4.79 Å². The van der Waals surface area contributed by atoms with Crippen LogP contribution in [0.1, 0.15) is 22.8 Å². The monoisotopic (exact) mass is 339 g/mol. The molecular weight excluding hydrogens is 326 g/mol. The number of aromatic nitrogens is 3. The molecule has 8 nitrogen and oxygen atoms in total. The third kappa shape index (κ3) is 2.38. The van der Waals surface area contributed by atoms with E-state index in [4.69, 9.17) is 9.47 Å². The van der Waals surface area contributed by atoms with Gasteiger partial charge in [0.1, 0.15) is 28.8 Å². The van der Waals surface area contributed by atoms with Crippen molar-refractivity contribution >= 4 is 23.1 Å². The van der Waals surface area contributed by atoms with Gasteiger partial charge in [0.2, 0.25) is 6.79 Å². The number of ether oxygens (including phenoxy) is 2. The highest BCUT2D eigenvalue weighted by Gasteiger charge is 2.21. The Balaban J connectivity index is 1.91. The Bertz CT molecular complexity index is 1020. The molecule has 3 aromatic rings. The number of benzene rings is 2. The van der Waals surface area contributed by atoms with Gasteiger partial charge in [0.15, 0.2) is 17.3 Å². The molecule has 0 spiro atoms. The molecule has 0 atom stereocenters. The summed E-state index contributed by atoms with van der Waals surface area (Å²) in [4.78, 5) is 24.1. The van der Waals surface area contributed by atoms with Crippen molar-refractivity contribution in [3.63, 3.8) is 0 Å². The minimum Gasteiger partial charge on any atom is -0.505 e. The maximum atomic E-state index is 11.8. The van der Waals surface area contributed by atoms with E-state index in [0.717, 1.165) is 6.29 Å². The fourth-order valence-corrected chi connectivity index (χ4v) is 2.84. The Morgan fingerprint density at radius 3 is 2.76 bits per heavy atom. The molecule has 2 aromatic carbocycles. The van der Waals surface area contributed by atoms with Gasteiger partial charge in [-0.25, -0.2) is 0 Å². The summed E-state index contributed by atoms with van der Waals surface area (Å²) in [7, 11) is 0. The Hall–Kier alpha value is -3.42. The van der Waals surface area contributed by atoms with Crippen molar-refractivity contribution in [1.82, 2.24) is 15.0 Å². The first kappa shape index (κ1) is 15.1. The topological polar surface area (TPSA) is 104 Å². The van der Waals surface area contributed by atoms with E-state index in [1.54, 1.807) is 18.2 Å². The highest BCUT2D eigenvalue weighted by molar-refractivity contribution is 6.00. The number of carbonyl (C=O) groups is 2. The average molecular weight is 339 g/mol. The largest absolute Gasteiger partial charge is 0.505 e. The smallest absolute Gasteiger partial charge is 0.231 e. The highest BCUT2D eigenvalue weighted by Crippen LogP contribution is 2.39. The fraction of sp³-hybridized carbons (Fsp3) is 0.176. The van der Waals surface area contributed by atoms with Crippen molar-refractivity contribution in [3.8, 4) is 22.9 Å². The number of ketones is 1. The summed E-state index contributed by atoms with van der Waals surface area (Å²) < 4.78 is 10.5. The summed E-state index contributed by atoms with van der Waals surface area (Å²) in [5.41, 5.74) is 2.21. The first-order valence-electron chi connectivity index (χ1n) is 7.55. The molecule has 0 bridgehead atoms. The lowest BCUT2D eigenvalue weighted by Gasteiger charge is -2.04. The molecule has 1 aromatic heterocycles. The summed E-state index contributed by atoms with van der Waals surface area (Å²) in [6.07, 6.45) is 0.774. The van der Waals surface area contributed by atoms with Crippen LogP contribution in [0.25, 0.3) is 16.7 Å². The molecular formula is C17H13N3O5. The summed E-state index contributed by atoms with van der Waals surface area (Å²) in [5, 5.41) is 18.9. The summed E-state index contributed by atoms with van der Waals surface area (Å²) in [6.45, 7) is 1.52. The maximum Gasteiger partial charge on any atom is 0.231 e. The number of aromatic hydroxyl groups is 1. The second-order valence-electron chi connectivity index (χ2n) is 5.57. The van der Waals surface area contributed by atoms with E-state index < -0.39 is 0 Å². The van der Waals surface area contributed by atoms with Crippen molar-refractivity contribution in [3.05, 3.63) is 35.4 Å². The normalized spacial score (nSPS) is 12.5. The van der Waals surface area contributed by atoms with Crippen LogP contribution in [-0.4, -0.2) is 39.0 Å². The number of fused-ring (bicyclic) bond motifs is 2. The molecule has 4 rings (SSSR count). The van der Waals surface area contributed by atoms with Gasteiger partial charge in [0, 0.05) is 24.1 Å². The minimum absolute atomic E-state index is 0.0536. The van der Waals surface area contributed by atoms with Crippen LogP contribution >= 0.6 is 0 Å². The molecule has 1 aliphatic rings. The molecule has 2 heterocycles. The van der Waals surface area contributed by atoms with Crippen LogP contribution in [-0.2, 0) is 11.2 Å². The van der Waals surface area contributed by atoms with Crippen LogP contribution in [0.2, 0.25) is 0 Å². The van der Waals surface area contributed by atoms with Crippen molar-refractivity contribution in [2.45, 2.75) is 13.3 Å². The molecule has 0 radical (unpaired) electrons. The average Bonchev–Trinajstić information content (AvgIpc) is 3.20. The van der Waals surface area contributed by atoms with Gasteiger partial charge in [-0.2, -0.15) is 0 Å². The molecule has 0 amide bonds. The first-order chi connectivity index (χ1) is 12.1. The zero-order valence-electron chi connectivity index (χ0n) is 13.2. The number of phenols is 1. The predicted octanol–water partition coefficient (Wildman–Crippen LogP) is 1.80. The lowest BCUT2D eigenvalue weighted by atomic mass is 10.0. The van der Waals surface area contributed by atoms with Gasteiger partial charge < -0.3 is 19.4 Å². The third-order valence-corrected chi connectivity index (χ3v) is 4.01. The molecule has 8 heteroatoms. The van der Waals surface area contributed by atoms with E-state index in [1.165, 1.54) is 17.8 Å². The Morgan fingerprint density at radius 2 is 2.04 bits per heavy atom. The number of hydrogen-bond acceptors (Lipinski definition) is 7. The Kier molecular flexibility index (Phi) is 3.38. The molecule has 126 valence electrons. The number of carbonyl (C=O) groups excluding carboxylic acids is 2. The van der Waals surface area contributed by atoms with Gasteiger partial charge >= 0.3 is 0 Å². The second kappa shape index (κ2) is 5.59. The molecule has 0 aliphatic carbocycles. The van der Waals surface area contributed by atoms with Crippen LogP contribution in [0, 0.1) is 0 Å². The van der Waals surface area contributed by atoms with Crippen molar-refractivity contribution < 1.29 is 24.2 Å². The Labute approximate surface area is 141 Å². The molecule has 0 fully saturated rings. The van der Waals surface area contributed by atoms with Gasteiger partial charge in [0.25, 0.3) is 0 Å². The van der Waals surface area contributed by atoms with Crippen LogP contribution in [0.15, 0.2) is 24.3 Å². The maximum absolute atomic E-state index is 11.8. The van der Waals surface area contributed by atoms with Gasteiger partial charge in [-0.05, 0) is 24.6 Å². The standard InChI is InChI=1S/C17H13N3O5/c1-9(22)10-2-3-12-17(11(10)4-5-21)19-20(18-12)13-6-15-16(7-14(13)23)25-8-24-15/h2-3,5-7,23H,4,8H2,1H3. The van der Waals surface area contributed by atoms with Crippen LogP contribution in [0.4, 0.5) is 0 Å². The molecule has 1 aliphatic heterocycles. The quantitative estimate of drug-likeness (QED) is 0.571. The number of aldehydes is 1. The van der Waals surface area contributed by atoms with Gasteiger partial charge in [-0.15, -0.1) is 15.0 Å². The van der Waals surface area contributed by atoms with Crippen LogP contribution < -0.4 is 9.47 Å². The fourth-order valence-electron chi connectivity index (χ4n) is 2.84. The summed E-state index contributed by atoms with van der Waals surface area (Å²) in [6, 6.07) is 6.29. The summed E-state index contributed by atoms with van der Waals surface area (Å²) >= 11 is 0. The van der Waals surface area contributed by atoms with Gasteiger partial charge in [0.05, 0.1) is 0 Å². The van der Waals surface area contributed by atoms with E-state index >= 15 is 0 Å². The summed E-state index contributed by atoms with van der Waals surface area (Å²) in [5.74, 6) is 0.692. The first-order valence-corrected chi connectivity index (χ1v) is 7.55. The van der Waals surface area contributed by atoms with E-state index in [0.29, 0.717) is 39.3 Å². The van der Waals surface area contributed by atoms with E-state index in [9.17, 15) is 14.7 Å². The van der Waals surface area contributed by atoms with E-state index in [2.05, 4.69) is 10.2 Å². The highest BCUT2D eigenvalue weighted by atomic mass is 16.7. The second-order valence-corrected chi connectivity index (χ2v) is 5.57. The van der Waals surface area contributed by atoms with Crippen molar-refractivity contribution in [2.24, 2.45) is 0 Å². The number of rotatable bonds is 4. The number of hydrogen-bond donors (Lipinski definition) is 1. The zero-order valence-corrected chi connectivity index (χ0v) is 13.2. The minimum atomic E-state index is -0.153. The number of Topliss-reactive ketones (excluding diaryl/α,β-unsaturated/α-hetero) is 1. The molecule has 25 heavy (non-hydrogen) atoms. The third-order valence-electron chi connectivity index (χ3n) is 4.01. The number of phenolic OH excluding ortho intramolecular Hbond substituents is 1. The SMILES string of the molecule is CC(=O)c1ccc2nn(-c3cc4c(cc3O)OCO4)nc2c1CC=O. The lowest BCUT2D eigenvalue weighted by molar-refractivity contribution is -0.107. The molecule has 1 N–H and O–H groups in total. The van der Waals surface area contributed by atoms with Gasteiger partial charge in [-0.1, -0.05) is 0 Å². The molecule has 0 unspecified atom stereocenters. The molecule has 0 saturated heterocycles. The zero-order chi connectivity index (χ0) is 17.6. The Morgan fingerprint density at radius 1 is 1.28 bits per heavy atom. The molecule has 0 saturated carbocycles.